The molecule has 0 saturated heterocycles. The molecule has 3 aromatic rings. The van der Waals surface area contributed by atoms with Crippen LogP contribution in [0.4, 0.5) is 5.69 Å². The quantitative estimate of drug-likeness (QED) is 0.239. The molecule has 2 heterocycles. The summed E-state index contributed by atoms with van der Waals surface area (Å²) in [6.07, 6.45) is 4.34. The molecule has 0 spiro atoms. The van der Waals surface area contributed by atoms with Crippen LogP contribution in [0.2, 0.25) is 16.6 Å². The molecule has 0 atom stereocenters. The van der Waals surface area contributed by atoms with Crippen LogP contribution in [-0.4, -0.2) is 17.5 Å². The molecule has 0 amide bonds. The molecular formula is C22H30IN3Si. The zero-order valence-electron chi connectivity index (χ0n) is 17.1. The van der Waals surface area contributed by atoms with Crippen molar-refractivity contribution in [3.05, 3.63) is 46.3 Å². The summed E-state index contributed by atoms with van der Waals surface area (Å²) in [6.45, 7) is 14.4. The van der Waals surface area contributed by atoms with E-state index in [1.165, 1.54) is 8.96 Å². The van der Waals surface area contributed by atoms with Crippen molar-refractivity contribution < 1.29 is 0 Å². The third-order valence-corrected chi connectivity index (χ3v) is 13.6. The Labute approximate surface area is 177 Å². The summed E-state index contributed by atoms with van der Waals surface area (Å²) >= 11 is 2.46. The fourth-order valence-electron chi connectivity index (χ4n) is 5.11. The van der Waals surface area contributed by atoms with E-state index in [1.807, 2.05) is 24.4 Å². The lowest BCUT2D eigenvalue weighted by Crippen LogP contribution is -2.51. The van der Waals surface area contributed by atoms with Crippen LogP contribution in [0, 0.1) is 3.57 Å². The molecule has 2 aromatic heterocycles. The number of para-hydroxylation sites is 1. The first kappa shape index (κ1) is 20.4. The van der Waals surface area contributed by atoms with Crippen LogP contribution < -0.4 is 5.73 Å². The number of pyridine rings is 1. The zero-order valence-corrected chi connectivity index (χ0v) is 20.3. The topological polar surface area (TPSA) is 43.8 Å². The summed E-state index contributed by atoms with van der Waals surface area (Å²) < 4.78 is 3.85. The minimum atomic E-state index is -1.83. The van der Waals surface area contributed by atoms with Crippen LogP contribution in [0.5, 0.6) is 0 Å². The number of nitrogens with two attached hydrogens (primary N) is 1. The van der Waals surface area contributed by atoms with E-state index in [-0.39, 0.29) is 0 Å². The predicted octanol–water partition coefficient (Wildman–Crippen LogP) is 6.91. The number of aromatic nitrogens is 2. The molecule has 0 aliphatic carbocycles. The molecule has 0 saturated carbocycles. The van der Waals surface area contributed by atoms with E-state index in [9.17, 15) is 0 Å². The minimum absolute atomic E-state index is 0.634. The van der Waals surface area contributed by atoms with Crippen molar-refractivity contribution in [2.45, 2.75) is 58.2 Å². The normalized spacial score (nSPS) is 12.7. The Morgan fingerprint density at radius 2 is 1.59 bits per heavy atom. The maximum absolute atomic E-state index is 6.20. The Morgan fingerprint density at radius 1 is 1.00 bits per heavy atom. The standard InChI is InChI=1S/C22H30IN3Si/c1-14(2)27(15(3)4,16(5)6)26-13-20(23)19-11-17(12-25-22(19)26)18-9-7-8-10-21(18)24/h7-16H,24H2,1-6H3. The van der Waals surface area contributed by atoms with Crippen LogP contribution in [0.3, 0.4) is 0 Å². The smallest absolute Gasteiger partial charge is 0.171 e. The summed E-state index contributed by atoms with van der Waals surface area (Å²) in [5, 5.41) is 1.23. The largest absolute Gasteiger partial charge is 0.398 e. The van der Waals surface area contributed by atoms with Crippen LogP contribution >= 0.6 is 22.6 Å². The molecule has 3 nitrogen and oxygen atoms in total. The number of hydrogen-bond donors (Lipinski definition) is 1. The summed E-state index contributed by atoms with van der Waals surface area (Å²) in [5.74, 6) is 0. The third kappa shape index (κ3) is 3.22. The van der Waals surface area contributed by atoms with Gasteiger partial charge in [-0.3, -0.25) is 0 Å². The molecule has 0 aliphatic rings. The van der Waals surface area contributed by atoms with Gasteiger partial charge < -0.3 is 9.97 Å². The molecule has 0 radical (unpaired) electrons. The van der Waals surface area contributed by atoms with E-state index in [2.05, 4.69) is 86.7 Å². The molecule has 2 N–H and O–H groups in total. The highest BCUT2D eigenvalue weighted by Crippen LogP contribution is 2.45. The van der Waals surface area contributed by atoms with Crippen molar-refractivity contribution in [3.63, 3.8) is 0 Å². The van der Waals surface area contributed by atoms with Crippen LogP contribution in [-0.2, 0) is 0 Å². The number of hydrogen-bond acceptors (Lipinski definition) is 2. The highest BCUT2D eigenvalue weighted by atomic mass is 127. The summed E-state index contributed by atoms with van der Waals surface area (Å²) in [7, 11) is -1.83. The third-order valence-electron chi connectivity index (χ3n) is 6.06. The lowest BCUT2D eigenvalue weighted by Gasteiger charge is -2.44. The molecular weight excluding hydrogens is 461 g/mol. The summed E-state index contributed by atoms with van der Waals surface area (Å²) in [5.41, 5.74) is 12.2. The Bertz CT molecular complexity index is 938. The van der Waals surface area contributed by atoms with Gasteiger partial charge in [-0.05, 0) is 51.3 Å². The van der Waals surface area contributed by atoms with E-state index in [0.717, 1.165) is 22.5 Å². The van der Waals surface area contributed by atoms with E-state index < -0.39 is 8.24 Å². The van der Waals surface area contributed by atoms with E-state index in [0.29, 0.717) is 16.6 Å². The van der Waals surface area contributed by atoms with Crippen molar-refractivity contribution in [3.8, 4) is 11.1 Å². The number of benzene rings is 1. The first-order valence-corrected chi connectivity index (χ1v) is 13.0. The number of rotatable bonds is 5. The Balaban J connectivity index is 2.27. The number of anilines is 1. The molecule has 0 fully saturated rings. The predicted molar refractivity (Wildman–Crippen MR) is 129 cm³/mol. The monoisotopic (exact) mass is 491 g/mol. The van der Waals surface area contributed by atoms with Gasteiger partial charge in [0.15, 0.2) is 8.24 Å². The minimum Gasteiger partial charge on any atom is -0.398 e. The SMILES string of the molecule is CC(C)[Si](C(C)C)(C(C)C)n1cc(I)c2cc(-c3ccccc3N)cnc21. The summed E-state index contributed by atoms with van der Waals surface area (Å²) in [4.78, 5) is 4.97. The van der Waals surface area contributed by atoms with E-state index >= 15 is 0 Å². The zero-order chi connectivity index (χ0) is 19.9. The molecule has 3 rings (SSSR count). The lowest BCUT2D eigenvalue weighted by molar-refractivity contribution is 0.770. The van der Waals surface area contributed by atoms with Gasteiger partial charge in [-0.25, -0.2) is 4.98 Å². The Kier molecular flexibility index (Phi) is 5.73. The highest BCUT2D eigenvalue weighted by Gasteiger charge is 2.46. The maximum Gasteiger partial charge on any atom is 0.171 e. The van der Waals surface area contributed by atoms with E-state index in [1.54, 1.807) is 0 Å². The van der Waals surface area contributed by atoms with Gasteiger partial charge in [0.25, 0.3) is 0 Å². The number of nitrogen functional groups attached to an aromatic ring is 1. The van der Waals surface area contributed by atoms with Gasteiger partial charge >= 0.3 is 0 Å². The molecule has 1 aromatic carbocycles. The molecule has 27 heavy (non-hydrogen) atoms. The second kappa shape index (κ2) is 7.58. The fraction of sp³-hybridized carbons (Fsp3) is 0.409. The van der Waals surface area contributed by atoms with Gasteiger partial charge in [0.2, 0.25) is 0 Å². The second-order valence-corrected chi connectivity index (χ2v) is 15.3. The molecule has 0 aliphatic heterocycles. The average Bonchev–Trinajstić information content (AvgIpc) is 2.91. The summed E-state index contributed by atoms with van der Waals surface area (Å²) in [6, 6.07) is 10.3. The van der Waals surface area contributed by atoms with Crippen molar-refractivity contribution in [1.29, 1.82) is 0 Å². The molecule has 0 unspecified atom stereocenters. The molecule has 144 valence electrons. The van der Waals surface area contributed by atoms with E-state index in [4.69, 9.17) is 10.7 Å². The average molecular weight is 491 g/mol. The van der Waals surface area contributed by atoms with Crippen molar-refractivity contribution in [1.82, 2.24) is 9.22 Å². The first-order valence-electron chi connectivity index (χ1n) is 9.73. The van der Waals surface area contributed by atoms with Crippen molar-refractivity contribution >= 4 is 47.5 Å². The van der Waals surface area contributed by atoms with Gasteiger partial charge in [-0.15, -0.1) is 0 Å². The lowest BCUT2D eigenvalue weighted by atomic mass is 10.1. The second-order valence-electron chi connectivity index (χ2n) is 8.38. The number of halogens is 1. The van der Waals surface area contributed by atoms with Gasteiger partial charge in [0, 0.05) is 38.2 Å². The van der Waals surface area contributed by atoms with Gasteiger partial charge in [-0.2, -0.15) is 0 Å². The van der Waals surface area contributed by atoms with Crippen molar-refractivity contribution in [2.75, 3.05) is 5.73 Å². The van der Waals surface area contributed by atoms with Crippen LogP contribution in [0.15, 0.2) is 42.7 Å². The maximum atomic E-state index is 6.20. The van der Waals surface area contributed by atoms with Gasteiger partial charge in [0.05, 0.1) is 0 Å². The van der Waals surface area contributed by atoms with Crippen molar-refractivity contribution in [2.24, 2.45) is 0 Å². The van der Waals surface area contributed by atoms with Crippen LogP contribution in [0.1, 0.15) is 41.5 Å². The highest BCUT2D eigenvalue weighted by molar-refractivity contribution is 14.1. The Hall–Kier alpha value is -1.34. The van der Waals surface area contributed by atoms with Gasteiger partial charge in [-0.1, -0.05) is 59.7 Å². The van der Waals surface area contributed by atoms with Gasteiger partial charge in [0.1, 0.15) is 5.65 Å². The number of nitrogens with zero attached hydrogens (tertiary/aromatic N) is 2. The molecule has 0 bridgehead atoms. The Morgan fingerprint density at radius 3 is 2.15 bits per heavy atom. The molecule has 5 heteroatoms. The fourth-order valence-corrected chi connectivity index (χ4v) is 12.6. The first-order chi connectivity index (χ1) is 12.7. The number of fused-ring (bicyclic) bond motifs is 1. The van der Waals surface area contributed by atoms with Crippen LogP contribution in [0.25, 0.3) is 22.2 Å².